The van der Waals surface area contributed by atoms with Crippen molar-refractivity contribution in [3.63, 3.8) is 0 Å². The third-order valence-electron chi connectivity index (χ3n) is 2.91. The van der Waals surface area contributed by atoms with E-state index in [1.807, 2.05) is 24.3 Å². The van der Waals surface area contributed by atoms with Crippen LogP contribution in [0.15, 0.2) is 29.3 Å². The number of hydrogen-bond donors (Lipinski definition) is 1. The van der Waals surface area contributed by atoms with Crippen LogP contribution >= 0.6 is 0 Å². The Morgan fingerprint density at radius 2 is 2.35 bits per heavy atom. The van der Waals surface area contributed by atoms with Gasteiger partial charge in [-0.25, -0.2) is 0 Å². The summed E-state index contributed by atoms with van der Waals surface area (Å²) < 4.78 is 5.79. The van der Waals surface area contributed by atoms with Crippen molar-refractivity contribution in [2.24, 2.45) is 4.99 Å². The lowest BCUT2D eigenvalue weighted by Gasteiger charge is -2.14. The van der Waals surface area contributed by atoms with Crippen molar-refractivity contribution in [2.45, 2.75) is 39.2 Å². The van der Waals surface area contributed by atoms with Crippen molar-refractivity contribution in [1.29, 1.82) is 0 Å². The van der Waals surface area contributed by atoms with Crippen molar-refractivity contribution in [3.05, 3.63) is 24.3 Å². The molecule has 1 aliphatic heterocycles. The van der Waals surface area contributed by atoms with Crippen LogP contribution in [0.2, 0.25) is 0 Å². The van der Waals surface area contributed by atoms with Crippen LogP contribution in [0.25, 0.3) is 0 Å². The lowest BCUT2D eigenvalue weighted by atomic mass is 10.2. The van der Waals surface area contributed by atoms with Crippen LogP contribution in [0.5, 0.6) is 5.75 Å². The smallest absolute Gasteiger partial charge is 0.121 e. The number of hydrogen-bond acceptors (Lipinski definition) is 3. The SMILES string of the molecule is CCC(C)Oc1cccc(NC2=NCCC2)c1. The van der Waals surface area contributed by atoms with Crippen LogP contribution in [-0.4, -0.2) is 18.5 Å². The van der Waals surface area contributed by atoms with E-state index in [2.05, 4.69) is 24.2 Å². The molecule has 1 unspecified atom stereocenters. The van der Waals surface area contributed by atoms with Gasteiger partial charge in [0.2, 0.25) is 0 Å². The third kappa shape index (κ3) is 3.48. The summed E-state index contributed by atoms with van der Waals surface area (Å²) in [5, 5.41) is 3.34. The molecule has 92 valence electrons. The number of anilines is 1. The number of nitrogens with zero attached hydrogens (tertiary/aromatic N) is 1. The van der Waals surface area contributed by atoms with Crippen LogP contribution in [0.1, 0.15) is 33.1 Å². The fraction of sp³-hybridized carbons (Fsp3) is 0.500. The predicted octanol–water partition coefficient (Wildman–Crippen LogP) is 3.47. The Morgan fingerprint density at radius 3 is 3.06 bits per heavy atom. The molecule has 0 saturated heterocycles. The number of benzene rings is 1. The van der Waals surface area contributed by atoms with Gasteiger partial charge in [-0.05, 0) is 31.9 Å². The van der Waals surface area contributed by atoms with Gasteiger partial charge in [0, 0.05) is 24.7 Å². The van der Waals surface area contributed by atoms with Gasteiger partial charge < -0.3 is 10.1 Å². The van der Waals surface area contributed by atoms with Gasteiger partial charge in [0.1, 0.15) is 11.6 Å². The summed E-state index contributed by atoms with van der Waals surface area (Å²) in [6.45, 7) is 5.16. The van der Waals surface area contributed by atoms with Crippen molar-refractivity contribution in [1.82, 2.24) is 0 Å². The second kappa shape index (κ2) is 5.71. The zero-order valence-electron chi connectivity index (χ0n) is 10.6. The highest BCUT2D eigenvalue weighted by atomic mass is 16.5. The molecule has 0 fully saturated rings. The first-order valence-corrected chi connectivity index (χ1v) is 6.35. The first-order chi connectivity index (χ1) is 8.28. The molecule has 0 saturated carbocycles. The molecule has 0 spiro atoms. The first kappa shape index (κ1) is 12.0. The van der Waals surface area contributed by atoms with Gasteiger partial charge in [0.05, 0.1) is 6.10 Å². The topological polar surface area (TPSA) is 33.6 Å². The van der Waals surface area contributed by atoms with Crippen LogP contribution in [0.3, 0.4) is 0 Å². The molecule has 1 N–H and O–H groups in total. The van der Waals surface area contributed by atoms with Crippen molar-refractivity contribution in [3.8, 4) is 5.75 Å². The molecule has 0 aromatic heterocycles. The fourth-order valence-electron chi connectivity index (χ4n) is 1.77. The molecule has 3 nitrogen and oxygen atoms in total. The maximum atomic E-state index is 5.79. The summed E-state index contributed by atoms with van der Waals surface area (Å²) in [5.41, 5.74) is 1.06. The molecule has 1 aromatic carbocycles. The molecule has 1 aliphatic rings. The van der Waals surface area contributed by atoms with E-state index in [9.17, 15) is 0 Å². The highest BCUT2D eigenvalue weighted by molar-refractivity contribution is 5.96. The van der Waals surface area contributed by atoms with Crippen molar-refractivity contribution >= 4 is 11.5 Å². The van der Waals surface area contributed by atoms with E-state index < -0.39 is 0 Å². The van der Waals surface area contributed by atoms with Gasteiger partial charge in [0.15, 0.2) is 0 Å². The van der Waals surface area contributed by atoms with Crippen LogP contribution in [0.4, 0.5) is 5.69 Å². The number of nitrogens with one attached hydrogen (secondary N) is 1. The summed E-state index contributed by atoms with van der Waals surface area (Å²) in [7, 11) is 0. The maximum Gasteiger partial charge on any atom is 0.121 e. The fourth-order valence-corrected chi connectivity index (χ4v) is 1.77. The monoisotopic (exact) mass is 232 g/mol. The highest BCUT2D eigenvalue weighted by Gasteiger charge is 2.07. The van der Waals surface area contributed by atoms with E-state index in [1.165, 1.54) is 0 Å². The second-order valence-corrected chi connectivity index (χ2v) is 4.42. The quantitative estimate of drug-likeness (QED) is 0.862. The molecule has 3 heteroatoms. The summed E-state index contributed by atoms with van der Waals surface area (Å²) in [6, 6.07) is 8.08. The van der Waals surface area contributed by atoms with Crippen LogP contribution in [-0.2, 0) is 0 Å². The zero-order valence-corrected chi connectivity index (χ0v) is 10.6. The van der Waals surface area contributed by atoms with Crippen LogP contribution < -0.4 is 10.1 Å². The molecular weight excluding hydrogens is 212 g/mol. The van der Waals surface area contributed by atoms with Gasteiger partial charge in [-0.3, -0.25) is 4.99 Å². The molecule has 0 bridgehead atoms. The Hall–Kier alpha value is -1.51. The number of ether oxygens (including phenoxy) is 1. The van der Waals surface area contributed by atoms with Crippen molar-refractivity contribution < 1.29 is 4.74 Å². The lowest BCUT2D eigenvalue weighted by Crippen LogP contribution is -2.11. The first-order valence-electron chi connectivity index (χ1n) is 6.35. The Kier molecular flexibility index (Phi) is 4.02. The summed E-state index contributed by atoms with van der Waals surface area (Å²) in [6.07, 6.45) is 3.49. The summed E-state index contributed by atoms with van der Waals surface area (Å²) in [4.78, 5) is 4.40. The van der Waals surface area contributed by atoms with Gasteiger partial charge in [0.25, 0.3) is 0 Å². The van der Waals surface area contributed by atoms with E-state index in [-0.39, 0.29) is 6.10 Å². The largest absolute Gasteiger partial charge is 0.491 e. The van der Waals surface area contributed by atoms with Gasteiger partial charge in [-0.1, -0.05) is 13.0 Å². The van der Waals surface area contributed by atoms with Crippen molar-refractivity contribution in [2.75, 3.05) is 11.9 Å². The molecule has 17 heavy (non-hydrogen) atoms. The van der Waals surface area contributed by atoms with Gasteiger partial charge >= 0.3 is 0 Å². The van der Waals surface area contributed by atoms with E-state index in [4.69, 9.17) is 4.74 Å². The molecule has 2 rings (SSSR count). The second-order valence-electron chi connectivity index (χ2n) is 4.42. The Balaban J connectivity index is 2.00. The Morgan fingerprint density at radius 1 is 1.47 bits per heavy atom. The highest BCUT2D eigenvalue weighted by Crippen LogP contribution is 2.20. The zero-order chi connectivity index (χ0) is 12.1. The van der Waals surface area contributed by atoms with E-state index in [0.717, 1.165) is 43.1 Å². The average molecular weight is 232 g/mol. The van der Waals surface area contributed by atoms with Crippen LogP contribution in [0, 0.1) is 0 Å². The summed E-state index contributed by atoms with van der Waals surface area (Å²) in [5.74, 6) is 2.01. The third-order valence-corrected chi connectivity index (χ3v) is 2.91. The normalized spacial score (nSPS) is 16.5. The van der Waals surface area contributed by atoms with E-state index >= 15 is 0 Å². The average Bonchev–Trinajstić information content (AvgIpc) is 2.82. The number of rotatable bonds is 4. The van der Waals surface area contributed by atoms with E-state index in [0.29, 0.717) is 0 Å². The van der Waals surface area contributed by atoms with Gasteiger partial charge in [-0.2, -0.15) is 0 Å². The Labute approximate surface area is 103 Å². The minimum absolute atomic E-state index is 0.258. The molecule has 1 aromatic rings. The van der Waals surface area contributed by atoms with Gasteiger partial charge in [-0.15, -0.1) is 0 Å². The molecule has 0 amide bonds. The minimum Gasteiger partial charge on any atom is -0.491 e. The standard InChI is InChI=1S/C14H20N2O/c1-3-11(2)17-13-7-4-6-12(10-13)16-14-8-5-9-15-14/h4,6-7,10-11H,3,5,8-9H2,1-2H3,(H,15,16). The molecular formula is C14H20N2O. The molecule has 1 atom stereocenters. The molecule has 0 aliphatic carbocycles. The predicted molar refractivity (Wildman–Crippen MR) is 72.0 cm³/mol. The van der Waals surface area contributed by atoms with E-state index in [1.54, 1.807) is 0 Å². The Bertz CT molecular complexity index is 401. The maximum absolute atomic E-state index is 5.79. The minimum atomic E-state index is 0.258. The molecule has 0 radical (unpaired) electrons. The molecule has 1 heterocycles. The number of amidine groups is 1. The summed E-state index contributed by atoms with van der Waals surface area (Å²) >= 11 is 0. The lowest BCUT2D eigenvalue weighted by molar-refractivity contribution is 0.217. The number of aliphatic imine (C=N–C) groups is 1.